The Bertz CT molecular complexity index is 1290. The third-order valence-electron chi connectivity index (χ3n) is 5.51. The molecule has 5 nitrogen and oxygen atoms in total. The summed E-state index contributed by atoms with van der Waals surface area (Å²) in [5, 5.41) is -1.05. The second kappa shape index (κ2) is 8.42. The van der Waals surface area contributed by atoms with Gasteiger partial charge in [0.2, 0.25) is 9.84 Å². The summed E-state index contributed by atoms with van der Waals surface area (Å²) >= 11 is 0. The van der Waals surface area contributed by atoms with Crippen molar-refractivity contribution in [1.82, 2.24) is 4.90 Å². The zero-order chi connectivity index (χ0) is 22.1. The predicted molar refractivity (Wildman–Crippen MR) is 121 cm³/mol. The molecule has 1 aliphatic heterocycles. The van der Waals surface area contributed by atoms with E-state index in [1.165, 1.54) is 18.2 Å². The monoisotopic (exact) mass is 453 g/mol. The van der Waals surface area contributed by atoms with Crippen molar-refractivity contribution in [2.45, 2.75) is 21.1 Å². The summed E-state index contributed by atoms with van der Waals surface area (Å²) in [5.41, 5.74) is 0.821. The minimum Gasteiger partial charge on any atom is -0.293 e. The number of likely N-dealkylation sites (N-methyl/N-ethyl adjacent to an activating group) is 1. The lowest BCUT2D eigenvalue weighted by atomic mass is 9.99. The fourth-order valence-corrected chi connectivity index (χ4v) is 7.47. The van der Waals surface area contributed by atoms with Crippen molar-refractivity contribution in [3.05, 3.63) is 108 Å². The van der Waals surface area contributed by atoms with Crippen LogP contribution in [0.3, 0.4) is 0 Å². The number of benzene rings is 3. The van der Waals surface area contributed by atoms with E-state index in [0.29, 0.717) is 0 Å². The van der Waals surface area contributed by atoms with Gasteiger partial charge in [0.1, 0.15) is 5.25 Å². The largest absolute Gasteiger partial charge is 0.293 e. The molecule has 0 aromatic heterocycles. The average Bonchev–Trinajstić information content (AvgIpc) is 2.80. The van der Waals surface area contributed by atoms with E-state index in [1.807, 2.05) is 30.3 Å². The van der Waals surface area contributed by atoms with Crippen LogP contribution in [0.25, 0.3) is 0 Å². The molecule has 160 valence electrons. The van der Waals surface area contributed by atoms with Gasteiger partial charge in [0, 0.05) is 6.54 Å². The Labute approximate surface area is 183 Å². The van der Waals surface area contributed by atoms with E-state index in [2.05, 4.69) is 0 Å². The third kappa shape index (κ3) is 4.08. The van der Waals surface area contributed by atoms with E-state index >= 15 is 0 Å². The molecule has 31 heavy (non-hydrogen) atoms. The van der Waals surface area contributed by atoms with E-state index in [9.17, 15) is 16.8 Å². The highest BCUT2D eigenvalue weighted by atomic mass is 32.2. The van der Waals surface area contributed by atoms with Gasteiger partial charge in [-0.1, -0.05) is 66.7 Å². The molecule has 0 amide bonds. The lowest BCUT2D eigenvalue weighted by molar-refractivity contribution is 0.258. The van der Waals surface area contributed by atoms with Gasteiger partial charge in [0.15, 0.2) is 9.84 Å². The smallest absolute Gasteiger partial charge is 0.203 e. The first-order valence-corrected chi connectivity index (χ1v) is 12.9. The zero-order valence-corrected chi connectivity index (χ0v) is 18.6. The maximum absolute atomic E-state index is 13.7. The molecule has 0 aliphatic carbocycles. The molecule has 2 atom stereocenters. The fourth-order valence-electron chi connectivity index (χ4n) is 3.97. The molecule has 0 fully saturated rings. The normalized spacial score (nSPS) is 20.2. The van der Waals surface area contributed by atoms with Crippen LogP contribution in [0.1, 0.15) is 11.6 Å². The standard InChI is InChI=1S/C24H23NO4S2/c1-25-18-22(30(26,27)20-13-7-3-8-14-20)17-23(24(25)19-11-5-2-6-12-19)31(28,29)21-15-9-4-10-16-21/h2-17,23-24H,18H2,1H3/t23-,24-/m1/s1. The summed E-state index contributed by atoms with van der Waals surface area (Å²) < 4.78 is 53.9. The Morgan fingerprint density at radius 1 is 0.710 bits per heavy atom. The van der Waals surface area contributed by atoms with Crippen molar-refractivity contribution < 1.29 is 16.8 Å². The second-order valence-corrected chi connectivity index (χ2v) is 11.7. The van der Waals surface area contributed by atoms with Gasteiger partial charge in [-0.25, -0.2) is 16.8 Å². The van der Waals surface area contributed by atoms with Gasteiger partial charge in [-0.2, -0.15) is 0 Å². The van der Waals surface area contributed by atoms with Gasteiger partial charge in [-0.15, -0.1) is 0 Å². The summed E-state index contributed by atoms with van der Waals surface area (Å²) in [7, 11) is -5.91. The molecule has 0 N–H and O–H groups in total. The van der Waals surface area contributed by atoms with Crippen LogP contribution in [0.15, 0.2) is 112 Å². The summed E-state index contributed by atoms with van der Waals surface area (Å²) in [6, 6.07) is 25.1. The lowest BCUT2D eigenvalue weighted by Gasteiger charge is -2.38. The van der Waals surface area contributed by atoms with Crippen LogP contribution >= 0.6 is 0 Å². The molecule has 0 saturated carbocycles. The maximum atomic E-state index is 13.7. The summed E-state index contributed by atoms with van der Waals surface area (Å²) in [6.45, 7) is 0.123. The number of sulfone groups is 2. The Kier molecular flexibility index (Phi) is 5.83. The molecule has 0 unspecified atom stereocenters. The van der Waals surface area contributed by atoms with Gasteiger partial charge < -0.3 is 0 Å². The van der Waals surface area contributed by atoms with E-state index in [1.54, 1.807) is 60.5 Å². The van der Waals surface area contributed by atoms with Crippen molar-refractivity contribution in [3.8, 4) is 0 Å². The number of rotatable bonds is 5. The third-order valence-corrected chi connectivity index (χ3v) is 9.40. The van der Waals surface area contributed by atoms with Gasteiger partial charge in [0.25, 0.3) is 0 Å². The minimum absolute atomic E-state index is 0.0953. The van der Waals surface area contributed by atoms with Crippen LogP contribution in [0.2, 0.25) is 0 Å². The van der Waals surface area contributed by atoms with Crippen LogP contribution in [-0.4, -0.2) is 40.6 Å². The minimum atomic E-state index is -3.85. The molecule has 0 radical (unpaired) electrons. The number of hydrogen-bond acceptors (Lipinski definition) is 5. The highest BCUT2D eigenvalue weighted by Gasteiger charge is 2.42. The molecular formula is C24H23NO4S2. The molecule has 0 bridgehead atoms. The Morgan fingerprint density at radius 2 is 1.19 bits per heavy atom. The Hall–Kier alpha value is -2.74. The molecule has 7 heteroatoms. The molecule has 3 aromatic rings. The Balaban J connectivity index is 1.89. The van der Waals surface area contributed by atoms with Crippen LogP contribution in [0.5, 0.6) is 0 Å². The van der Waals surface area contributed by atoms with Crippen molar-refractivity contribution >= 4 is 19.7 Å². The van der Waals surface area contributed by atoms with Crippen LogP contribution in [0.4, 0.5) is 0 Å². The first-order valence-electron chi connectivity index (χ1n) is 9.87. The molecule has 0 saturated heterocycles. The summed E-state index contributed by atoms with van der Waals surface area (Å²) in [4.78, 5) is 2.22. The van der Waals surface area contributed by atoms with E-state index < -0.39 is 31.0 Å². The van der Waals surface area contributed by atoms with E-state index in [0.717, 1.165) is 5.56 Å². The highest BCUT2D eigenvalue weighted by molar-refractivity contribution is 7.95. The number of hydrogen-bond donors (Lipinski definition) is 0. The summed E-state index contributed by atoms with van der Waals surface area (Å²) in [6.07, 6.45) is 1.43. The molecule has 4 rings (SSSR count). The van der Waals surface area contributed by atoms with Crippen molar-refractivity contribution in [3.63, 3.8) is 0 Å². The molecule has 0 spiro atoms. The molecule has 1 aliphatic rings. The van der Waals surface area contributed by atoms with Crippen molar-refractivity contribution in [2.24, 2.45) is 0 Å². The predicted octanol–water partition coefficient (Wildman–Crippen LogP) is 3.87. The fraction of sp³-hybridized carbons (Fsp3) is 0.167. The quantitative estimate of drug-likeness (QED) is 0.586. The van der Waals surface area contributed by atoms with E-state index in [4.69, 9.17) is 0 Å². The zero-order valence-electron chi connectivity index (χ0n) is 17.0. The van der Waals surface area contributed by atoms with Crippen molar-refractivity contribution in [2.75, 3.05) is 13.6 Å². The Morgan fingerprint density at radius 3 is 1.74 bits per heavy atom. The topological polar surface area (TPSA) is 71.5 Å². The molecular weight excluding hydrogens is 430 g/mol. The van der Waals surface area contributed by atoms with Gasteiger partial charge in [-0.3, -0.25) is 4.90 Å². The average molecular weight is 454 g/mol. The highest BCUT2D eigenvalue weighted by Crippen LogP contribution is 2.38. The van der Waals surface area contributed by atoms with E-state index in [-0.39, 0.29) is 21.2 Å². The van der Waals surface area contributed by atoms with Crippen LogP contribution < -0.4 is 0 Å². The van der Waals surface area contributed by atoms with Crippen LogP contribution in [-0.2, 0) is 19.7 Å². The second-order valence-electron chi connectivity index (χ2n) is 7.54. The SMILES string of the molecule is CN1CC(S(=O)(=O)c2ccccc2)=C[C@@H](S(=O)(=O)c2ccccc2)[C@H]1c1ccccc1. The summed E-state index contributed by atoms with van der Waals surface area (Å²) in [5.74, 6) is 0. The van der Waals surface area contributed by atoms with Crippen LogP contribution in [0, 0.1) is 0 Å². The van der Waals surface area contributed by atoms with Gasteiger partial charge in [0.05, 0.1) is 20.7 Å². The first kappa shape index (κ1) is 21.5. The maximum Gasteiger partial charge on any atom is 0.203 e. The first-order chi connectivity index (χ1) is 14.8. The van der Waals surface area contributed by atoms with Crippen molar-refractivity contribution in [1.29, 1.82) is 0 Å². The lowest BCUT2D eigenvalue weighted by Crippen LogP contribution is -2.43. The molecule has 1 heterocycles. The molecule has 3 aromatic carbocycles. The number of nitrogens with zero attached hydrogens (tertiary/aromatic N) is 1. The van der Waals surface area contributed by atoms with Gasteiger partial charge in [-0.05, 0) is 43.0 Å². The van der Waals surface area contributed by atoms with Gasteiger partial charge >= 0.3 is 0 Å².